The minimum atomic E-state index is -0.0429. The third-order valence-electron chi connectivity index (χ3n) is 5.95. The summed E-state index contributed by atoms with van der Waals surface area (Å²) in [7, 11) is 1.67. The molecule has 1 fully saturated rings. The molecule has 1 N–H and O–H groups in total. The Hall–Kier alpha value is -2.61. The number of aromatic nitrogens is 2. The van der Waals surface area contributed by atoms with E-state index in [1.54, 1.807) is 25.3 Å². The largest absolute Gasteiger partial charge is 0.497 e. The van der Waals surface area contributed by atoms with E-state index in [0.717, 1.165) is 38.0 Å². The number of hydrogen-bond acceptors (Lipinski definition) is 6. The van der Waals surface area contributed by atoms with Gasteiger partial charge in [0.25, 0.3) is 0 Å². The van der Waals surface area contributed by atoms with Crippen LogP contribution in [0.1, 0.15) is 30.7 Å². The number of methoxy groups -OCH3 is 1. The molecule has 1 saturated heterocycles. The van der Waals surface area contributed by atoms with Gasteiger partial charge in [-0.3, -0.25) is 9.69 Å². The van der Waals surface area contributed by atoms with Crippen LogP contribution in [0.3, 0.4) is 0 Å². The number of amides is 1. The molecule has 1 aliphatic heterocycles. The van der Waals surface area contributed by atoms with E-state index in [0.29, 0.717) is 47.0 Å². The highest BCUT2D eigenvalue weighted by Gasteiger charge is 2.27. The van der Waals surface area contributed by atoms with Crippen LogP contribution in [0.4, 0.5) is 0 Å². The molecule has 1 unspecified atom stereocenters. The number of hydrogen-bond donors (Lipinski definition) is 1. The number of ether oxygens (including phenoxy) is 1. The summed E-state index contributed by atoms with van der Waals surface area (Å²) in [4.78, 5) is 19.4. The Labute approximate surface area is 209 Å². The van der Waals surface area contributed by atoms with Gasteiger partial charge >= 0.3 is 0 Å². The number of rotatable bonds is 9. The Morgan fingerprint density at radius 3 is 2.97 bits per heavy atom. The molecule has 0 spiro atoms. The molecule has 3 aromatic rings. The van der Waals surface area contributed by atoms with Gasteiger partial charge in [-0.25, -0.2) is 0 Å². The molecule has 7 nitrogen and oxygen atoms in total. The van der Waals surface area contributed by atoms with Gasteiger partial charge in [0, 0.05) is 23.7 Å². The SMILES string of the molecule is COc1cccc(CCCNC(=O)C2CCCN(Cc3nc(-c4ccc(Cl)cc4Cl)no3)C2)c1. The molecule has 0 bridgehead atoms. The maximum atomic E-state index is 12.7. The summed E-state index contributed by atoms with van der Waals surface area (Å²) in [6.45, 7) is 2.71. The summed E-state index contributed by atoms with van der Waals surface area (Å²) >= 11 is 12.2. The second-order valence-electron chi connectivity index (χ2n) is 8.46. The molecule has 1 aromatic heterocycles. The van der Waals surface area contributed by atoms with Crippen molar-refractivity contribution in [2.24, 2.45) is 5.92 Å². The fraction of sp³-hybridized carbons (Fsp3) is 0.400. The van der Waals surface area contributed by atoms with Crippen LogP contribution in [0, 0.1) is 5.92 Å². The quantitative estimate of drug-likeness (QED) is 0.414. The molecule has 9 heteroatoms. The first kappa shape index (κ1) is 24.5. The number of piperidine rings is 1. The van der Waals surface area contributed by atoms with Crippen LogP contribution in [0.2, 0.25) is 10.0 Å². The maximum absolute atomic E-state index is 12.7. The van der Waals surface area contributed by atoms with Crippen LogP contribution in [0.25, 0.3) is 11.4 Å². The van der Waals surface area contributed by atoms with E-state index in [-0.39, 0.29) is 11.8 Å². The molecule has 0 aliphatic carbocycles. The summed E-state index contributed by atoms with van der Waals surface area (Å²) in [6, 6.07) is 13.2. The van der Waals surface area contributed by atoms with Crippen LogP contribution >= 0.6 is 23.2 Å². The first-order valence-corrected chi connectivity index (χ1v) is 12.2. The second kappa shape index (κ2) is 11.7. The number of nitrogens with zero attached hydrogens (tertiary/aromatic N) is 3. The number of aryl methyl sites for hydroxylation is 1. The Bertz CT molecular complexity index is 1120. The number of likely N-dealkylation sites (tertiary alicyclic amines) is 1. The van der Waals surface area contributed by atoms with Crippen molar-refractivity contribution in [3.8, 4) is 17.1 Å². The van der Waals surface area contributed by atoms with Gasteiger partial charge in [0.2, 0.25) is 17.6 Å². The highest BCUT2D eigenvalue weighted by atomic mass is 35.5. The van der Waals surface area contributed by atoms with Crippen molar-refractivity contribution in [1.29, 1.82) is 0 Å². The third-order valence-corrected chi connectivity index (χ3v) is 6.50. The Balaban J connectivity index is 1.24. The van der Waals surface area contributed by atoms with Crippen molar-refractivity contribution in [2.75, 3.05) is 26.7 Å². The number of benzene rings is 2. The topological polar surface area (TPSA) is 80.5 Å². The fourth-order valence-electron chi connectivity index (χ4n) is 4.18. The highest BCUT2D eigenvalue weighted by Crippen LogP contribution is 2.28. The molecule has 1 aliphatic rings. The molecular weight excluding hydrogens is 475 g/mol. The second-order valence-corrected chi connectivity index (χ2v) is 9.30. The lowest BCUT2D eigenvalue weighted by Crippen LogP contribution is -2.43. The maximum Gasteiger partial charge on any atom is 0.241 e. The molecule has 2 heterocycles. The summed E-state index contributed by atoms with van der Waals surface area (Å²) in [5, 5.41) is 8.18. The molecule has 180 valence electrons. The Kier molecular flexibility index (Phi) is 8.43. The number of halogens is 2. The Morgan fingerprint density at radius 2 is 2.15 bits per heavy atom. The predicted octanol–water partition coefficient (Wildman–Crippen LogP) is 5.01. The lowest BCUT2D eigenvalue weighted by molar-refractivity contribution is -0.126. The van der Waals surface area contributed by atoms with Gasteiger partial charge in [-0.15, -0.1) is 0 Å². The van der Waals surface area contributed by atoms with Crippen LogP contribution in [-0.4, -0.2) is 47.7 Å². The van der Waals surface area contributed by atoms with E-state index >= 15 is 0 Å². The average molecular weight is 503 g/mol. The zero-order valence-electron chi connectivity index (χ0n) is 19.1. The predicted molar refractivity (Wildman–Crippen MR) is 132 cm³/mol. The number of carbonyl (C=O) groups is 1. The first-order chi connectivity index (χ1) is 16.5. The van der Waals surface area contributed by atoms with Crippen molar-refractivity contribution in [2.45, 2.75) is 32.2 Å². The first-order valence-electron chi connectivity index (χ1n) is 11.4. The minimum absolute atomic E-state index is 0.0429. The zero-order chi connectivity index (χ0) is 23.9. The van der Waals surface area contributed by atoms with Gasteiger partial charge < -0.3 is 14.6 Å². The smallest absolute Gasteiger partial charge is 0.241 e. The normalized spacial score (nSPS) is 16.4. The fourth-order valence-corrected chi connectivity index (χ4v) is 4.67. The molecule has 4 rings (SSSR count). The van der Waals surface area contributed by atoms with Crippen LogP contribution in [0.5, 0.6) is 5.75 Å². The van der Waals surface area contributed by atoms with Gasteiger partial charge in [0.1, 0.15) is 5.75 Å². The van der Waals surface area contributed by atoms with Crippen LogP contribution in [0.15, 0.2) is 47.0 Å². The Morgan fingerprint density at radius 1 is 1.26 bits per heavy atom. The number of nitrogens with one attached hydrogen (secondary N) is 1. The van der Waals surface area contributed by atoms with Crippen LogP contribution < -0.4 is 10.1 Å². The van der Waals surface area contributed by atoms with Gasteiger partial charge in [0.15, 0.2) is 0 Å². The van der Waals surface area contributed by atoms with E-state index < -0.39 is 0 Å². The molecule has 1 amide bonds. The lowest BCUT2D eigenvalue weighted by Gasteiger charge is -2.30. The van der Waals surface area contributed by atoms with Crippen molar-refractivity contribution in [3.05, 3.63) is 64.0 Å². The van der Waals surface area contributed by atoms with Gasteiger partial charge in [-0.05, 0) is 68.1 Å². The van der Waals surface area contributed by atoms with Crippen molar-refractivity contribution < 1.29 is 14.1 Å². The average Bonchev–Trinajstić information content (AvgIpc) is 3.30. The summed E-state index contributed by atoms with van der Waals surface area (Å²) in [6.07, 6.45) is 3.61. The van der Waals surface area contributed by atoms with Gasteiger partial charge in [-0.1, -0.05) is 40.5 Å². The van der Waals surface area contributed by atoms with Gasteiger partial charge in [0.05, 0.1) is 24.6 Å². The molecule has 34 heavy (non-hydrogen) atoms. The monoisotopic (exact) mass is 502 g/mol. The van der Waals surface area contributed by atoms with E-state index in [4.69, 9.17) is 32.5 Å². The van der Waals surface area contributed by atoms with E-state index in [9.17, 15) is 4.79 Å². The third kappa shape index (κ3) is 6.50. The van der Waals surface area contributed by atoms with Crippen LogP contribution in [-0.2, 0) is 17.8 Å². The molecule has 2 aromatic carbocycles. The van der Waals surface area contributed by atoms with Crippen molar-refractivity contribution >= 4 is 29.1 Å². The van der Waals surface area contributed by atoms with Gasteiger partial charge in [-0.2, -0.15) is 4.98 Å². The van der Waals surface area contributed by atoms with Crippen molar-refractivity contribution in [3.63, 3.8) is 0 Å². The highest BCUT2D eigenvalue weighted by molar-refractivity contribution is 6.36. The number of carbonyl (C=O) groups excluding carboxylic acids is 1. The zero-order valence-corrected chi connectivity index (χ0v) is 20.6. The summed E-state index contributed by atoms with van der Waals surface area (Å²) in [5.41, 5.74) is 1.88. The van der Waals surface area contributed by atoms with E-state index in [1.165, 1.54) is 5.56 Å². The molecule has 1 atom stereocenters. The standard InChI is InChI=1S/C25H28Cl2N4O3/c1-33-20-8-2-5-17(13-20)6-3-11-28-25(32)18-7-4-12-31(15-18)16-23-29-24(30-34-23)21-10-9-19(26)14-22(21)27/h2,5,8-10,13-14,18H,3-4,6-7,11-12,15-16H2,1H3,(H,28,32). The minimum Gasteiger partial charge on any atom is -0.497 e. The summed E-state index contributed by atoms with van der Waals surface area (Å²) in [5.74, 6) is 1.85. The molecular formula is C25H28Cl2N4O3. The van der Waals surface area contributed by atoms with E-state index in [2.05, 4.69) is 26.4 Å². The van der Waals surface area contributed by atoms with E-state index in [1.807, 2.05) is 18.2 Å². The lowest BCUT2D eigenvalue weighted by atomic mass is 9.97. The van der Waals surface area contributed by atoms with Crippen molar-refractivity contribution in [1.82, 2.24) is 20.4 Å². The molecule has 0 radical (unpaired) electrons. The molecule has 0 saturated carbocycles. The summed E-state index contributed by atoms with van der Waals surface area (Å²) < 4.78 is 10.7.